The Morgan fingerprint density at radius 2 is 2.05 bits per heavy atom. The summed E-state index contributed by atoms with van der Waals surface area (Å²) < 4.78 is 5.36. The Balaban J connectivity index is 1.69. The first-order chi connectivity index (χ1) is 9.83. The number of nitrogens with one attached hydrogen (secondary N) is 1. The van der Waals surface area contributed by atoms with Gasteiger partial charge in [-0.3, -0.25) is 4.98 Å². The van der Waals surface area contributed by atoms with Crippen LogP contribution < -0.4 is 5.32 Å². The lowest BCUT2D eigenvalue weighted by molar-refractivity contribution is 0.495. The molecule has 0 saturated carbocycles. The molecule has 2 heterocycles. The molecule has 3 nitrogen and oxygen atoms in total. The van der Waals surface area contributed by atoms with Gasteiger partial charge in [-0.25, -0.2) is 0 Å². The second kappa shape index (κ2) is 5.78. The molecule has 3 heteroatoms. The van der Waals surface area contributed by atoms with Crippen molar-refractivity contribution in [3.8, 4) is 0 Å². The molecule has 0 aliphatic carbocycles. The monoisotopic (exact) mass is 266 g/mol. The molecule has 0 amide bonds. The van der Waals surface area contributed by atoms with E-state index in [0.29, 0.717) is 6.04 Å². The normalized spacial score (nSPS) is 12.4. The van der Waals surface area contributed by atoms with Gasteiger partial charge in [-0.15, -0.1) is 0 Å². The van der Waals surface area contributed by atoms with Crippen molar-refractivity contribution in [2.45, 2.75) is 25.8 Å². The third-order valence-corrected chi connectivity index (χ3v) is 3.44. The number of nitrogens with zero attached hydrogens (tertiary/aromatic N) is 1. The lowest BCUT2D eigenvalue weighted by Gasteiger charge is -2.15. The molecule has 0 fully saturated rings. The number of furan rings is 1. The van der Waals surface area contributed by atoms with Crippen LogP contribution in [-0.4, -0.2) is 11.0 Å². The fourth-order valence-electron chi connectivity index (χ4n) is 2.37. The van der Waals surface area contributed by atoms with Gasteiger partial charge >= 0.3 is 0 Å². The quantitative estimate of drug-likeness (QED) is 0.749. The maximum atomic E-state index is 5.36. The minimum absolute atomic E-state index is 0.368. The van der Waals surface area contributed by atoms with Crippen molar-refractivity contribution in [1.29, 1.82) is 0 Å². The van der Waals surface area contributed by atoms with Crippen molar-refractivity contribution in [3.63, 3.8) is 0 Å². The number of hydrogen-bond donors (Lipinski definition) is 1. The van der Waals surface area contributed by atoms with E-state index in [1.54, 1.807) is 6.26 Å². The predicted molar refractivity (Wildman–Crippen MR) is 81.9 cm³/mol. The van der Waals surface area contributed by atoms with Crippen molar-refractivity contribution in [3.05, 3.63) is 60.7 Å². The molecule has 102 valence electrons. The standard InChI is InChI=1S/C17H18N2O/c1-13(9-10-15-7-4-12-20-15)19-16-8-2-5-14-6-3-11-18-17(14)16/h2-8,11-13,19H,9-10H2,1H3. The minimum Gasteiger partial charge on any atom is -0.469 e. The van der Waals surface area contributed by atoms with E-state index >= 15 is 0 Å². The molecule has 3 rings (SSSR count). The summed E-state index contributed by atoms with van der Waals surface area (Å²) in [7, 11) is 0. The van der Waals surface area contributed by atoms with Gasteiger partial charge < -0.3 is 9.73 Å². The number of aryl methyl sites for hydroxylation is 1. The highest BCUT2D eigenvalue weighted by Gasteiger charge is 2.07. The second-order valence-corrected chi connectivity index (χ2v) is 5.04. The highest BCUT2D eigenvalue weighted by Crippen LogP contribution is 2.22. The highest BCUT2D eigenvalue weighted by atomic mass is 16.3. The first kappa shape index (κ1) is 12.7. The molecule has 3 aromatic rings. The van der Waals surface area contributed by atoms with Crippen LogP contribution in [0.2, 0.25) is 0 Å². The predicted octanol–water partition coefficient (Wildman–Crippen LogP) is 4.26. The zero-order valence-corrected chi connectivity index (χ0v) is 11.5. The van der Waals surface area contributed by atoms with Crippen molar-refractivity contribution in [1.82, 2.24) is 4.98 Å². The molecule has 1 aromatic carbocycles. The molecule has 0 aliphatic rings. The van der Waals surface area contributed by atoms with Crippen LogP contribution in [0.5, 0.6) is 0 Å². The SMILES string of the molecule is CC(CCc1ccco1)Nc1cccc2cccnc12. The van der Waals surface area contributed by atoms with Gasteiger partial charge in [0.1, 0.15) is 5.76 Å². The van der Waals surface area contributed by atoms with Crippen LogP contribution in [0, 0.1) is 0 Å². The Hall–Kier alpha value is -2.29. The lowest BCUT2D eigenvalue weighted by Crippen LogP contribution is -2.16. The van der Waals surface area contributed by atoms with Crippen LogP contribution in [0.25, 0.3) is 10.9 Å². The summed E-state index contributed by atoms with van der Waals surface area (Å²) in [6, 6.07) is 14.6. The van der Waals surface area contributed by atoms with E-state index in [1.165, 1.54) is 0 Å². The smallest absolute Gasteiger partial charge is 0.103 e. The van der Waals surface area contributed by atoms with E-state index in [9.17, 15) is 0 Å². The van der Waals surface area contributed by atoms with Crippen LogP contribution in [0.15, 0.2) is 59.3 Å². The summed E-state index contributed by atoms with van der Waals surface area (Å²) in [6.07, 6.45) is 5.53. The molecule has 20 heavy (non-hydrogen) atoms. The number of benzene rings is 1. The van der Waals surface area contributed by atoms with Crippen molar-refractivity contribution < 1.29 is 4.42 Å². The molecule has 1 unspecified atom stereocenters. The highest BCUT2D eigenvalue weighted by molar-refractivity contribution is 5.90. The van der Waals surface area contributed by atoms with E-state index in [4.69, 9.17) is 4.42 Å². The van der Waals surface area contributed by atoms with E-state index < -0.39 is 0 Å². The number of hydrogen-bond acceptors (Lipinski definition) is 3. The fraction of sp³-hybridized carbons (Fsp3) is 0.235. The van der Waals surface area contributed by atoms with Gasteiger partial charge in [-0.1, -0.05) is 18.2 Å². The summed E-state index contributed by atoms with van der Waals surface area (Å²) in [6.45, 7) is 2.19. The average molecular weight is 266 g/mol. The number of para-hydroxylation sites is 1. The van der Waals surface area contributed by atoms with Gasteiger partial charge in [-0.05, 0) is 37.6 Å². The van der Waals surface area contributed by atoms with Crippen LogP contribution in [-0.2, 0) is 6.42 Å². The number of anilines is 1. The summed E-state index contributed by atoms with van der Waals surface area (Å²) >= 11 is 0. The van der Waals surface area contributed by atoms with Crippen molar-refractivity contribution in [2.75, 3.05) is 5.32 Å². The molecular formula is C17H18N2O. The molecule has 1 N–H and O–H groups in total. The molecule has 0 aliphatic heterocycles. The molecule has 0 saturated heterocycles. The van der Waals surface area contributed by atoms with Crippen molar-refractivity contribution >= 4 is 16.6 Å². The zero-order valence-electron chi connectivity index (χ0n) is 11.5. The summed E-state index contributed by atoms with van der Waals surface area (Å²) in [5.41, 5.74) is 2.12. The molecular weight excluding hydrogens is 248 g/mol. The van der Waals surface area contributed by atoms with Gasteiger partial charge in [-0.2, -0.15) is 0 Å². The third kappa shape index (κ3) is 2.82. The summed E-state index contributed by atoms with van der Waals surface area (Å²) in [5.74, 6) is 1.04. The Morgan fingerprint density at radius 1 is 1.15 bits per heavy atom. The topological polar surface area (TPSA) is 38.1 Å². The zero-order chi connectivity index (χ0) is 13.8. The van der Waals surface area contributed by atoms with Crippen molar-refractivity contribution in [2.24, 2.45) is 0 Å². The third-order valence-electron chi connectivity index (χ3n) is 3.44. The molecule has 0 bridgehead atoms. The molecule has 2 aromatic heterocycles. The summed E-state index contributed by atoms with van der Waals surface area (Å²) in [5, 5.41) is 4.71. The van der Waals surface area contributed by atoms with E-state index in [-0.39, 0.29) is 0 Å². The first-order valence-electron chi connectivity index (χ1n) is 6.95. The Labute approximate surface area is 118 Å². The van der Waals surface area contributed by atoms with Crippen LogP contribution in [0.4, 0.5) is 5.69 Å². The van der Waals surface area contributed by atoms with Crippen LogP contribution in [0.1, 0.15) is 19.1 Å². The molecule has 0 spiro atoms. The maximum Gasteiger partial charge on any atom is 0.103 e. The largest absolute Gasteiger partial charge is 0.469 e. The number of aromatic nitrogens is 1. The summed E-state index contributed by atoms with van der Waals surface area (Å²) in [4.78, 5) is 4.46. The molecule has 0 radical (unpaired) electrons. The lowest BCUT2D eigenvalue weighted by atomic mass is 10.1. The minimum atomic E-state index is 0.368. The van der Waals surface area contributed by atoms with E-state index in [2.05, 4.69) is 41.5 Å². The van der Waals surface area contributed by atoms with E-state index in [0.717, 1.165) is 35.2 Å². The van der Waals surface area contributed by atoms with Gasteiger partial charge in [0.15, 0.2) is 0 Å². The second-order valence-electron chi connectivity index (χ2n) is 5.04. The first-order valence-corrected chi connectivity index (χ1v) is 6.95. The van der Waals surface area contributed by atoms with Gasteiger partial charge in [0.05, 0.1) is 17.5 Å². The van der Waals surface area contributed by atoms with Gasteiger partial charge in [0.25, 0.3) is 0 Å². The van der Waals surface area contributed by atoms with Gasteiger partial charge in [0.2, 0.25) is 0 Å². The number of rotatable bonds is 5. The average Bonchev–Trinajstić information content (AvgIpc) is 2.99. The van der Waals surface area contributed by atoms with Gasteiger partial charge in [0, 0.05) is 24.0 Å². The molecule has 1 atom stereocenters. The number of fused-ring (bicyclic) bond motifs is 1. The van der Waals surface area contributed by atoms with Crippen LogP contribution in [0.3, 0.4) is 0 Å². The Morgan fingerprint density at radius 3 is 2.90 bits per heavy atom. The number of pyridine rings is 1. The van der Waals surface area contributed by atoms with Crippen LogP contribution >= 0.6 is 0 Å². The maximum absolute atomic E-state index is 5.36. The Kier molecular flexibility index (Phi) is 3.68. The Bertz CT molecular complexity index is 671. The fourth-order valence-corrected chi connectivity index (χ4v) is 2.37. The van der Waals surface area contributed by atoms with E-state index in [1.807, 2.05) is 24.4 Å².